The summed E-state index contributed by atoms with van der Waals surface area (Å²) in [6, 6.07) is 2.44. The molecule has 2 rings (SSSR count). The normalized spacial score (nSPS) is 17.2. The third-order valence-electron chi connectivity index (χ3n) is 4.24. The van der Waals surface area contributed by atoms with Gasteiger partial charge in [-0.3, -0.25) is 10.1 Å². The number of rotatable bonds is 6. The van der Waals surface area contributed by atoms with E-state index in [-0.39, 0.29) is 17.5 Å². The Bertz CT molecular complexity index is 760. The highest BCUT2D eigenvalue weighted by molar-refractivity contribution is 7.90. The van der Waals surface area contributed by atoms with Gasteiger partial charge in [-0.2, -0.15) is 13.2 Å². The quantitative estimate of drug-likeness (QED) is 0.588. The molecule has 0 aromatic heterocycles. The lowest BCUT2D eigenvalue weighted by molar-refractivity contribution is -0.385. The van der Waals surface area contributed by atoms with Gasteiger partial charge in [0.25, 0.3) is 5.69 Å². The molecule has 1 fully saturated rings. The fraction of sp³-hybridized carbons (Fsp3) is 0.600. The van der Waals surface area contributed by atoms with Crippen molar-refractivity contribution in [2.24, 2.45) is 0 Å². The largest absolute Gasteiger partial charge is 0.418 e. The third-order valence-corrected chi connectivity index (χ3v) is 5.17. The van der Waals surface area contributed by atoms with Crippen molar-refractivity contribution in [3.8, 4) is 0 Å². The average molecular weight is 395 g/mol. The summed E-state index contributed by atoms with van der Waals surface area (Å²) in [5, 5.41) is 13.5. The van der Waals surface area contributed by atoms with Crippen LogP contribution in [0.1, 0.15) is 18.4 Å². The van der Waals surface area contributed by atoms with E-state index in [9.17, 15) is 31.7 Å². The van der Waals surface area contributed by atoms with Gasteiger partial charge in [-0.15, -0.1) is 0 Å². The maximum absolute atomic E-state index is 13.2. The molecule has 0 amide bonds. The Kier molecular flexibility index (Phi) is 6.12. The molecule has 1 aliphatic rings. The first-order valence-electron chi connectivity index (χ1n) is 7.98. The summed E-state index contributed by atoms with van der Waals surface area (Å²) in [4.78, 5) is 11.8. The highest BCUT2D eigenvalue weighted by Gasteiger charge is 2.36. The van der Waals surface area contributed by atoms with E-state index in [1.165, 1.54) is 0 Å². The van der Waals surface area contributed by atoms with E-state index in [4.69, 9.17) is 0 Å². The lowest BCUT2D eigenvalue weighted by atomic mass is 10.0. The molecule has 1 N–H and O–H groups in total. The van der Waals surface area contributed by atoms with Crippen molar-refractivity contribution in [3.05, 3.63) is 33.9 Å². The van der Waals surface area contributed by atoms with Crippen LogP contribution in [0.5, 0.6) is 0 Å². The van der Waals surface area contributed by atoms with Crippen LogP contribution in [-0.4, -0.2) is 55.9 Å². The highest BCUT2D eigenvalue weighted by atomic mass is 32.2. The van der Waals surface area contributed by atoms with E-state index in [0.717, 1.165) is 18.4 Å². The first-order chi connectivity index (χ1) is 12.0. The molecule has 0 unspecified atom stereocenters. The zero-order valence-corrected chi connectivity index (χ0v) is 14.9. The molecular formula is C15H20F3N3O4S. The van der Waals surface area contributed by atoms with Gasteiger partial charge in [0, 0.05) is 49.8 Å². The average Bonchev–Trinajstić information content (AvgIpc) is 2.52. The minimum atomic E-state index is -4.70. The second kappa shape index (κ2) is 7.78. The molecule has 0 radical (unpaired) electrons. The number of hydrogen-bond acceptors (Lipinski definition) is 6. The first kappa shape index (κ1) is 20.4. The Morgan fingerprint density at radius 1 is 1.31 bits per heavy atom. The summed E-state index contributed by atoms with van der Waals surface area (Å²) < 4.78 is 62.0. The first-order valence-corrected chi connectivity index (χ1v) is 10.0. The van der Waals surface area contributed by atoms with E-state index in [1.54, 1.807) is 0 Å². The summed E-state index contributed by atoms with van der Waals surface area (Å²) in [5.74, 6) is 0.0473. The molecule has 0 saturated carbocycles. The summed E-state index contributed by atoms with van der Waals surface area (Å²) >= 11 is 0. The van der Waals surface area contributed by atoms with E-state index in [2.05, 4.69) is 5.32 Å². The van der Waals surface area contributed by atoms with E-state index in [1.807, 2.05) is 4.90 Å². The number of nitro groups is 1. The zero-order valence-electron chi connectivity index (χ0n) is 14.1. The molecule has 0 spiro atoms. The van der Waals surface area contributed by atoms with Crippen molar-refractivity contribution >= 4 is 21.2 Å². The van der Waals surface area contributed by atoms with Gasteiger partial charge in [0.15, 0.2) is 0 Å². The molecule has 1 saturated heterocycles. The van der Waals surface area contributed by atoms with Gasteiger partial charge in [0.05, 0.1) is 16.2 Å². The Labute approximate surface area is 149 Å². The molecule has 7 nitrogen and oxygen atoms in total. The van der Waals surface area contributed by atoms with E-state index in [0.29, 0.717) is 38.5 Å². The summed E-state index contributed by atoms with van der Waals surface area (Å²) in [6.07, 6.45) is -2.44. The smallest absolute Gasteiger partial charge is 0.382 e. The lowest BCUT2D eigenvalue weighted by Crippen LogP contribution is -2.41. The Morgan fingerprint density at radius 2 is 1.92 bits per heavy atom. The molecule has 0 atom stereocenters. The van der Waals surface area contributed by atoms with Gasteiger partial charge in [0.1, 0.15) is 9.84 Å². The third kappa shape index (κ3) is 5.84. The number of nitrogens with one attached hydrogen (secondary N) is 1. The zero-order chi connectivity index (χ0) is 19.5. The van der Waals surface area contributed by atoms with Crippen molar-refractivity contribution in [2.45, 2.75) is 25.1 Å². The van der Waals surface area contributed by atoms with Crippen molar-refractivity contribution in [3.63, 3.8) is 0 Å². The molecule has 26 heavy (non-hydrogen) atoms. The van der Waals surface area contributed by atoms with Crippen molar-refractivity contribution in [1.29, 1.82) is 0 Å². The fourth-order valence-electron chi connectivity index (χ4n) is 2.82. The summed E-state index contributed by atoms with van der Waals surface area (Å²) in [7, 11) is -3.06. The molecule has 1 heterocycles. The minimum absolute atomic E-state index is 0.0473. The number of anilines is 1. The topological polar surface area (TPSA) is 92.6 Å². The van der Waals surface area contributed by atoms with Crippen molar-refractivity contribution < 1.29 is 26.5 Å². The Hall–Kier alpha value is -1.88. The molecule has 1 aliphatic heterocycles. The molecule has 1 aromatic carbocycles. The number of non-ortho nitro benzene ring substituents is 1. The van der Waals surface area contributed by atoms with Crippen LogP contribution in [0, 0.1) is 10.1 Å². The highest BCUT2D eigenvalue weighted by Crippen LogP contribution is 2.37. The fourth-order valence-corrected chi connectivity index (χ4v) is 3.41. The summed E-state index contributed by atoms with van der Waals surface area (Å²) in [6.45, 7) is 1.54. The second-order valence-corrected chi connectivity index (χ2v) is 8.63. The minimum Gasteiger partial charge on any atom is -0.382 e. The van der Waals surface area contributed by atoms with Gasteiger partial charge in [-0.25, -0.2) is 8.42 Å². The number of hydrogen-bond donors (Lipinski definition) is 1. The predicted octanol–water partition coefficient (Wildman–Crippen LogP) is 2.53. The predicted molar refractivity (Wildman–Crippen MR) is 90.9 cm³/mol. The van der Waals surface area contributed by atoms with Crippen LogP contribution in [0.25, 0.3) is 0 Å². The number of likely N-dealkylation sites (tertiary alicyclic amines) is 1. The number of piperidine rings is 1. The summed E-state index contributed by atoms with van der Waals surface area (Å²) in [5.41, 5.74) is -1.86. The molecule has 0 bridgehead atoms. The molecule has 11 heteroatoms. The molecule has 0 aliphatic carbocycles. The Balaban J connectivity index is 2.02. The maximum atomic E-state index is 13.2. The maximum Gasteiger partial charge on any atom is 0.418 e. The number of benzene rings is 1. The van der Waals surface area contributed by atoms with Gasteiger partial charge in [-0.05, 0) is 18.9 Å². The number of sulfone groups is 1. The number of nitro benzene ring substituents is 1. The molecule has 1 aromatic rings. The van der Waals surface area contributed by atoms with Crippen LogP contribution in [0.2, 0.25) is 0 Å². The standard InChI is InChI=1S/C15H20F3N3O4S/c1-26(24,25)9-8-20-6-4-11(5-7-20)19-14-3-2-12(21(22)23)10-13(14)15(16,17)18/h2-3,10-11,19H,4-9H2,1H3. The number of halogens is 3. The second-order valence-electron chi connectivity index (χ2n) is 6.37. The number of alkyl halides is 3. The van der Waals surface area contributed by atoms with Crippen LogP contribution < -0.4 is 5.32 Å². The SMILES string of the molecule is CS(=O)(=O)CCN1CCC(Nc2ccc([N+](=O)[O-])cc2C(F)(F)F)CC1. The van der Waals surface area contributed by atoms with Gasteiger partial charge < -0.3 is 10.2 Å². The monoisotopic (exact) mass is 395 g/mol. The van der Waals surface area contributed by atoms with Crippen LogP contribution in [-0.2, 0) is 16.0 Å². The Morgan fingerprint density at radius 3 is 2.42 bits per heavy atom. The van der Waals surface area contributed by atoms with Gasteiger partial charge in [0.2, 0.25) is 0 Å². The van der Waals surface area contributed by atoms with Gasteiger partial charge >= 0.3 is 6.18 Å². The van der Waals surface area contributed by atoms with Crippen LogP contribution in [0.4, 0.5) is 24.5 Å². The lowest BCUT2D eigenvalue weighted by Gasteiger charge is -2.33. The van der Waals surface area contributed by atoms with E-state index >= 15 is 0 Å². The molecular weight excluding hydrogens is 375 g/mol. The number of nitrogens with zero attached hydrogens (tertiary/aromatic N) is 2. The van der Waals surface area contributed by atoms with Gasteiger partial charge in [-0.1, -0.05) is 0 Å². The van der Waals surface area contributed by atoms with E-state index < -0.39 is 32.2 Å². The van der Waals surface area contributed by atoms with Crippen LogP contribution in [0.3, 0.4) is 0 Å². The van der Waals surface area contributed by atoms with Crippen molar-refractivity contribution in [1.82, 2.24) is 4.90 Å². The van der Waals surface area contributed by atoms with Crippen LogP contribution >= 0.6 is 0 Å². The van der Waals surface area contributed by atoms with Crippen LogP contribution in [0.15, 0.2) is 18.2 Å². The molecule has 146 valence electrons. The van der Waals surface area contributed by atoms with Crippen molar-refractivity contribution in [2.75, 3.05) is 37.0 Å².